The Balaban J connectivity index is 1.92. The number of fused-ring (bicyclic) bond motifs is 2. The zero-order chi connectivity index (χ0) is 14.4. The van der Waals surface area contributed by atoms with Crippen molar-refractivity contribution in [3.63, 3.8) is 0 Å². The number of para-hydroxylation sites is 1. The first-order valence-electron chi connectivity index (χ1n) is 7.56. The fourth-order valence-electron chi connectivity index (χ4n) is 3.48. The quantitative estimate of drug-likeness (QED) is 0.737. The fourth-order valence-corrected chi connectivity index (χ4v) is 3.48. The van der Waals surface area contributed by atoms with Gasteiger partial charge in [-0.1, -0.05) is 18.2 Å². The molecule has 1 unspecified atom stereocenters. The van der Waals surface area contributed by atoms with Crippen LogP contribution in [0.2, 0.25) is 0 Å². The molecule has 1 aliphatic carbocycles. The molecule has 2 heterocycles. The highest BCUT2D eigenvalue weighted by Gasteiger charge is 2.22. The first-order valence-corrected chi connectivity index (χ1v) is 7.56. The summed E-state index contributed by atoms with van der Waals surface area (Å²) in [7, 11) is 0. The summed E-state index contributed by atoms with van der Waals surface area (Å²) in [5, 5.41) is 1.18. The monoisotopic (exact) mass is 277 g/mol. The van der Waals surface area contributed by atoms with Crippen LogP contribution in [0.1, 0.15) is 35.8 Å². The zero-order valence-corrected chi connectivity index (χ0v) is 12.2. The summed E-state index contributed by atoms with van der Waals surface area (Å²) in [6, 6.07) is 12.9. The van der Waals surface area contributed by atoms with E-state index in [-0.39, 0.29) is 6.04 Å². The summed E-state index contributed by atoms with van der Waals surface area (Å²) < 4.78 is 2.33. The highest BCUT2D eigenvalue weighted by molar-refractivity contribution is 5.80. The Bertz CT molecular complexity index is 816. The number of rotatable bonds is 1. The minimum Gasteiger partial charge on any atom is -0.324 e. The molecule has 0 fully saturated rings. The fraction of sp³-hybridized carbons (Fsp3) is 0.278. The highest BCUT2D eigenvalue weighted by atomic mass is 15.0. The largest absolute Gasteiger partial charge is 0.324 e. The van der Waals surface area contributed by atoms with Crippen LogP contribution in [0.15, 0.2) is 42.6 Å². The topological polar surface area (TPSA) is 43.8 Å². The first kappa shape index (κ1) is 12.6. The molecule has 1 atom stereocenters. The minimum atomic E-state index is 0.183. The molecule has 0 amide bonds. The van der Waals surface area contributed by atoms with Crippen molar-refractivity contribution in [3.05, 3.63) is 59.5 Å². The van der Waals surface area contributed by atoms with Gasteiger partial charge >= 0.3 is 0 Å². The molecule has 0 spiro atoms. The molecular weight excluding hydrogens is 258 g/mol. The van der Waals surface area contributed by atoms with Crippen LogP contribution in [-0.2, 0) is 6.42 Å². The van der Waals surface area contributed by atoms with Crippen molar-refractivity contribution < 1.29 is 0 Å². The molecule has 0 bridgehead atoms. The lowest BCUT2D eigenvalue weighted by molar-refractivity contribution is 0.560. The molecule has 0 saturated heterocycles. The number of hydrogen-bond acceptors (Lipinski definition) is 2. The van der Waals surface area contributed by atoms with Gasteiger partial charge in [0.2, 0.25) is 0 Å². The summed E-state index contributed by atoms with van der Waals surface area (Å²) in [5.41, 5.74) is 12.4. The predicted molar refractivity (Wildman–Crippen MR) is 85.7 cm³/mol. The van der Waals surface area contributed by atoms with Crippen molar-refractivity contribution in [1.82, 2.24) is 9.55 Å². The molecular formula is C18H19N3. The number of nitrogens with two attached hydrogens (primary N) is 1. The molecule has 1 aliphatic rings. The van der Waals surface area contributed by atoms with Crippen LogP contribution in [0.25, 0.3) is 16.6 Å². The molecule has 3 nitrogen and oxygen atoms in total. The Morgan fingerprint density at radius 3 is 3.00 bits per heavy atom. The van der Waals surface area contributed by atoms with Gasteiger partial charge in [-0.2, -0.15) is 0 Å². The maximum Gasteiger partial charge on any atom is 0.0703 e. The van der Waals surface area contributed by atoms with Crippen molar-refractivity contribution in [2.45, 2.75) is 32.2 Å². The van der Waals surface area contributed by atoms with Gasteiger partial charge in [-0.25, -0.2) is 0 Å². The van der Waals surface area contributed by atoms with E-state index in [1.165, 1.54) is 28.8 Å². The molecule has 0 saturated carbocycles. The molecule has 4 rings (SSSR count). The second kappa shape index (κ2) is 4.71. The predicted octanol–water partition coefficient (Wildman–Crippen LogP) is 3.67. The second-order valence-electron chi connectivity index (χ2n) is 5.91. The van der Waals surface area contributed by atoms with Crippen molar-refractivity contribution in [2.75, 3.05) is 0 Å². The van der Waals surface area contributed by atoms with E-state index in [0.717, 1.165) is 24.0 Å². The Labute approximate surface area is 124 Å². The van der Waals surface area contributed by atoms with Gasteiger partial charge in [0.25, 0.3) is 0 Å². The first-order chi connectivity index (χ1) is 10.2. The van der Waals surface area contributed by atoms with E-state index in [1.54, 1.807) is 0 Å². The van der Waals surface area contributed by atoms with E-state index in [0.29, 0.717) is 0 Å². The van der Waals surface area contributed by atoms with Crippen molar-refractivity contribution in [1.29, 1.82) is 0 Å². The number of benzene rings is 1. The second-order valence-corrected chi connectivity index (χ2v) is 5.91. The SMILES string of the molecule is Cc1cc2c(n1-c1cnc3ccccc3c1)CCCC2N. The Hall–Kier alpha value is -2.13. The number of pyridine rings is 1. The molecule has 0 radical (unpaired) electrons. The average molecular weight is 277 g/mol. The van der Waals surface area contributed by atoms with Gasteiger partial charge in [0.05, 0.1) is 17.4 Å². The van der Waals surface area contributed by atoms with Crippen molar-refractivity contribution in [3.8, 4) is 5.69 Å². The summed E-state index contributed by atoms with van der Waals surface area (Å²) in [5.74, 6) is 0. The van der Waals surface area contributed by atoms with Gasteiger partial charge in [0.1, 0.15) is 0 Å². The lowest BCUT2D eigenvalue weighted by atomic mass is 9.93. The molecule has 106 valence electrons. The van der Waals surface area contributed by atoms with E-state index in [9.17, 15) is 0 Å². The van der Waals surface area contributed by atoms with E-state index >= 15 is 0 Å². The minimum absolute atomic E-state index is 0.183. The molecule has 3 heteroatoms. The van der Waals surface area contributed by atoms with Crippen LogP contribution in [0.3, 0.4) is 0 Å². The van der Waals surface area contributed by atoms with E-state index in [2.05, 4.69) is 40.7 Å². The van der Waals surface area contributed by atoms with Crippen LogP contribution in [0, 0.1) is 6.92 Å². The van der Waals surface area contributed by atoms with Gasteiger partial charge in [-0.05, 0) is 49.9 Å². The number of aryl methyl sites for hydroxylation is 1. The smallest absolute Gasteiger partial charge is 0.0703 e. The highest BCUT2D eigenvalue weighted by Crippen LogP contribution is 2.33. The lowest BCUT2D eigenvalue weighted by Crippen LogP contribution is -2.18. The van der Waals surface area contributed by atoms with E-state index in [1.807, 2.05) is 18.3 Å². The van der Waals surface area contributed by atoms with Gasteiger partial charge in [-0.15, -0.1) is 0 Å². The van der Waals surface area contributed by atoms with Gasteiger partial charge in [0.15, 0.2) is 0 Å². The number of nitrogens with zero attached hydrogens (tertiary/aromatic N) is 2. The molecule has 3 aromatic rings. The summed E-state index contributed by atoms with van der Waals surface area (Å²) in [4.78, 5) is 4.59. The van der Waals surface area contributed by atoms with Crippen LogP contribution >= 0.6 is 0 Å². The van der Waals surface area contributed by atoms with Crippen LogP contribution in [-0.4, -0.2) is 9.55 Å². The maximum atomic E-state index is 6.27. The standard InChI is InChI=1S/C18H19N3/c1-12-9-15-16(19)6-4-8-18(15)21(12)14-10-13-5-2-3-7-17(13)20-11-14/h2-3,5,7,9-11,16H,4,6,8,19H2,1H3. The van der Waals surface area contributed by atoms with Crippen molar-refractivity contribution >= 4 is 10.9 Å². The maximum absolute atomic E-state index is 6.27. The third-order valence-corrected chi connectivity index (χ3v) is 4.48. The number of aromatic nitrogens is 2. The third kappa shape index (κ3) is 1.96. The summed E-state index contributed by atoms with van der Waals surface area (Å²) >= 11 is 0. The molecule has 2 N–H and O–H groups in total. The van der Waals surface area contributed by atoms with Crippen molar-refractivity contribution in [2.24, 2.45) is 5.73 Å². The van der Waals surface area contributed by atoms with Crippen LogP contribution < -0.4 is 5.73 Å². The zero-order valence-electron chi connectivity index (χ0n) is 12.2. The summed E-state index contributed by atoms with van der Waals surface area (Å²) in [6.07, 6.45) is 5.32. The van der Waals surface area contributed by atoms with E-state index < -0.39 is 0 Å². The average Bonchev–Trinajstić information content (AvgIpc) is 2.84. The molecule has 0 aliphatic heterocycles. The Kier molecular flexibility index (Phi) is 2.82. The molecule has 1 aromatic carbocycles. The lowest BCUT2D eigenvalue weighted by Gasteiger charge is -2.21. The summed E-state index contributed by atoms with van der Waals surface area (Å²) in [6.45, 7) is 2.15. The van der Waals surface area contributed by atoms with Gasteiger partial charge < -0.3 is 10.3 Å². The van der Waals surface area contributed by atoms with Crippen LogP contribution in [0.4, 0.5) is 0 Å². The Morgan fingerprint density at radius 1 is 1.24 bits per heavy atom. The van der Waals surface area contributed by atoms with Gasteiger partial charge in [0, 0.05) is 22.8 Å². The molecule has 21 heavy (non-hydrogen) atoms. The van der Waals surface area contributed by atoms with Gasteiger partial charge in [-0.3, -0.25) is 4.98 Å². The molecule has 2 aromatic heterocycles. The van der Waals surface area contributed by atoms with Crippen LogP contribution in [0.5, 0.6) is 0 Å². The Morgan fingerprint density at radius 2 is 2.10 bits per heavy atom. The number of hydrogen-bond donors (Lipinski definition) is 1. The normalized spacial score (nSPS) is 17.9. The third-order valence-electron chi connectivity index (χ3n) is 4.48. The van der Waals surface area contributed by atoms with E-state index in [4.69, 9.17) is 5.73 Å².